The van der Waals surface area contributed by atoms with Crippen molar-refractivity contribution in [1.29, 1.82) is 0 Å². The molecule has 0 aromatic carbocycles. The molecule has 0 spiro atoms. The third-order valence-electron chi connectivity index (χ3n) is 3.27. The molecule has 1 aromatic rings. The molecule has 1 aromatic heterocycles. The summed E-state index contributed by atoms with van der Waals surface area (Å²) in [5, 5.41) is 3.22. The molecule has 1 atom stereocenters. The van der Waals surface area contributed by atoms with Gasteiger partial charge in [0, 0.05) is 13.1 Å². The predicted molar refractivity (Wildman–Crippen MR) is 74.1 cm³/mol. The van der Waals surface area contributed by atoms with Gasteiger partial charge in [-0.1, -0.05) is 6.92 Å². The molecule has 2 rings (SSSR count). The lowest BCUT2D eigenvalue weighted by Gasteiger charge is -2.14. The molecule has 19 heavy (non-hydrogen) atoms. The van der Waals surface area contributed by atoms with E-state index in [0.29, 0.717) is 18.5 Å². The zero-order valence-electron chi connectivity index (χ0n) is 11.6. The second-order valence-corrected chi connectivity index (χ2v) is 4.66. The highest BCUT2D eigenvalue weighted by Gasteiger charge is 2.21. The lowest BCUT2D eigenvalue weighted by Crippen LogP contribution is -2.23. The van der Waals surface area contributed by atoms with E-state index in [0.717, 1.165) is 19.6 Å². The average molecular weight is 266 g/mol. The molecule has 0 radical (unpaired) electrons. The fourth-order valence-corrected chi connectivity index (χ4v) is 2.25. The van der Waals surface area contributed by atoms with Crippen LogP contribution in [-0.4, -0.2) is 52.6 Å². The van der Waals surface area contributed by atoms with Crippen molar-refractivity contribution in [1.82, 2.24) is 19.9 Å². The van der Waals surface area contributed by atoms with Crippen molar-refractivity contribution >= 4 is 11.9 Å². The number of hydrogen-bond donors (Lipinski definition) is 2. The number of nitrogens with one attached hydrogen (secondary N) is 1. The maximum absolute atomic E-state index is 5.63. The summed E-state index contributed by atoms with van der Waals surface area (Å²) < 4.78 is 5.24. The van der Waals surface area contributed by atoms with Crippen LogP contribution in [0.3, 0.4) is 0 Å². The number of rotatable bonds is 6. The van der Waals surface area contributed by atoms with Crippen LogP contribution >= 0.6 is 0 Å². The first-order chi connectivity index (χ1) is 9.21. The molecular formula is C12H22N6O. The van der Waals surface area contributed by atoms with Crippen molar-refractivity contribution in [2.24, 2.45) is 5.92 Å². The van der Waals surface area contributed by atoms with Crippen molar-refractivity contribution < 1.29 is 4.74 Å². The molecule has 0 aliphatic carbocycles. The second-order valence-electron chi connectivity index (χ2n) is 4.66. The van der Waals surface area contributed by atoms with Crippen LogP contribution in [0.2, 0.25) is 0 Å². The Morgan fingerprint density at radius 3 is 2.89 bits per heavy atom. The molecule has 0 bridgehead atoms. The van der Waals surface area contributed by atoms with Crippen LogP contribution in [0, 0.1) is 5.92 Å². The Hall–Kier alpha value is -1.63. The number of nitrogens with zero attached hydrogens (tertiary/aromatic N) is 4. The van der Waals surface area contributed by atoms with Crippen LogP contribution in [0.25, 0.3) is 0 Å². The first kappa shape index (κ1) is 13.8. The van der Waals surface area contributed by atoms with E-state index in [-0.39, 0.29) is 12.0 Å². The molecule has 0 amide bonds. The van der Waals surface area contributed by atoms with Crippen LogP contribution in [-0.2, 0) is 0 Å². The average Bonchev–Trinajstić information content (AvgIpc) is 2.84. The monoisotopic (exact) mass is 266 g/mol. The Kier molecular flexibility index (Phi) is 4.73. The van der Waals surface area contributed by atoms with E-state index in [1.165, 1.54) is 13.0 Å². The van der Waals surface area contributed by atoms with Gasteiger partial charge in [-0.2, -0.15) is 15.0 Å². The minimum Gasteiger partial charge on any atom is -0.464 e. The zero-order valence-corrected chi connectivity index (χ0v) is 11.6. The van der Waals surface area contributed by atoms with Gasteiger partial charge in [0.1, 0.15) is 0 Å². The van der Waals surface area contributed by atoms with E-state index >= 15 is 0 Å². The summed E-state index contributed by atoms with van der Waals surface area (Å²) in [5.74, 6) is 1.31. The molecule has 106 valence electrons. The third kappa shape index (κ3) is 3.92. The van der Waals surface area contributed by atoms with Crippen molar-refractivity contribution in [3.05, 3.63) is 0 Å². The molecule has 7 heteroatoms. The van der Waals surface area contributed by atoms with Gasteiger partial charge in [0.2, 0.25) is 11.9 Å². The third-order valence-corrected chi connectivity index (χ3v) is 3.27. The number of anilines is 2. The summed E-state index contributed by atoms with van der Waals surface area (Å²) >= 11 is 0. The van der Waals surface area contributed by atoms with E-state index in [9.17, 15) is 0 Å². The van der Waals surface area contributed by atoms with Crippen LogP contribution in [0.4, 0.5) is 11.9 Å². The first-order valence-electron chi connectivity index (χ1n) is 6.81. The fourth-order valence-electron chi connectivity index (χ4n) is 2.25. The van der Waals surface area contributed by atoms with Gasteiger partial charge >= 0.3 is 6.01 Å². The predicted octanol–water partition coefficient (Wildman–Crippen LogP) is 0.606. The van der Waals surface area contributed by atoms with Crippen LogP contribution in [0.15, 0.2) is 0 Å². The molecule has 3 N–H and O–H groups in total. The van der Waals surface area contributed by atoms with Crippen LogP contribution in [0.5, 0.6) is 6.01 Å². The van der Waals surface area contributed by atoms with Gasteiger partial charge in [-0.25, -0.2) is 0 Å². The fraction of sp³-hybridized carbons (Fsp3) is 0.750. The van der Waals surface area contributed by atoms with Crippen molar-refractivity contribution in [2.45, 2.75) is 20.3 Å². The van der Waals surface area contributed by atoms with Gasteiger partial charge in [-0.05, 0) is 32.4 Å². The maximum Gasteiger partial charge on any atom is 0.323 e. The first-order valence-corrected chi connectivity index (χ1v) is 6.81. The maximum atomic E-state index is 5.63. The molecule has 2 heterocycles. The summed E-state index contributed by atoms with van der Waals surface area (Å²) in [6.45, 7) is 8.85. The Morgan fingerprint density at radius 2 is 2.21 bits per heavy atom. The zero-order chi connectivity index (χ0) is 13.7. The van der Waals surface area contributed by atoms with E-state index < -0.39 is 0 Å². The summed E-state index contributed by atoms with van der Waals surface area (Å²) in [5.41, 5.74) is 5.63. The van der Waals surface area contributed by atoms with Crippen molar-refractivity contribution in [2.75, 3.05) is 43.8 Å². The lowest BCUT2D eigenvalue weighted by molar-refractivity contribution is 0.312. The summed E-state index contributed by atoms with van der Waals surface area (Å²) in [6.07, 6.45) is 1.21. The van der Waals surface area contributed by atoms with Crippen molar-refractivity contribution in [3.8, 4) is 6.01 Å². The number of nitrogens with two attached hydrogens (primary N) is 1. The highest BCUT2D eigenvalue weighted by molar-refractivity contribution is 5.32. The molecular weight excluding hydrogens is 244 g/mol. The largest absolute Gasteiger partial charge is 0.464 e. The second kappa shape index (κ2) is 6.51. The highest BCUT2D eigenvalue weighted by Crippen LogP contribution is 2.16. The Morgan fingerprint density at radius 1 is 1.37 bits per heavy atom. The minimum atomic E-state index is 0.183. The van der Waals surface area contributed by atoms with E-state index in [2.05, 4.69) is 32.1 Å². The normalized spacial score (nSPS) is 19.6. The quantitative estimate of drug-likeness (QED) is 0.779. The molecule has 7 nitrogen and oxygen atoms in total. The minimum absolute atomic E-state index is 0.183. The van der Waals surface area contributed by atoms with Gasteiger partial charge in [0.15, 0.2) is 0 Å². The number of likely N-dealkylation sites (tertiary alicyclic amines) is 1. The summed E-state index contributed by atoms with van der Waals surface area (Å²) in [4.78, 5) is 14.6. The number of nitrogen functional groups attached to an aromatic ring is 1. The van der Waals surface area contributed by atoms with Gasteiger partial charge < -0.3 is 20.7 Å². The van der Waals surface area contributed by atoms with Crippen LogP contribution < -0.4 is 15.8 Å². The molecule has 1 aliphatic rings. The van der Waals surface area contributed by atoms with Gasteiger partial charge in [0.25, 0.3) is 0 Å². The highest BCUT2D eigenvalue weighted by atomic mass is 16.5. The van der Waals surface area contributed by atoms with E-state index in [1.54, 1.807) is 0 Å². The van der Waals surface area contributed by atoms with E-state index in [1.807, 2.05) is 6.92 Å². The van der Waals surface area contributed by atoms with E-state index in [4.69, 9.17) is 10.5 Å². The van der Waals surface area contributed by atoms with Crippen molar-refractivity contribution in [3.63, 3.8) is 0 Å². The van der Waals surface area contributed by atoms with Crippen LogP contribution in [0.1, 0.15) is 20.3 Å². The smallest absolute Gasteiger partial charge is 0.323 e. The molecule has 0 saturated carbocycles. The van der Waals surface area contributed by atoms with Gasteiger partial charge in [0.05, 0.1) is 6.61 Å². The summed E-state index contributed by atoms with van der Waals surface area (Å²) in [7, 11) is 0. The number of aromatic nitrogens is 3. The van der Waals surface area contributed by atoms with Gasteiger partial charge in [-0.3, -0.25) is 0 Å². The lowest BCUT2D eigenvalue weighted by atomic mass is 10.1. The Labute approximate surface area is 113 Å². The Bertz CT molecular complexity index is 413. The number of ether oxygens (including phenoxy) is 1. The standard InChI is InChI=1S/C12H22N6O/c1-3-18-6-5-9(8-18)7-14-11-15-10(13)16-12(17-11)19-4-2/h9H,3-8H2,1-2H3,(H3,13,14,15,16,17). The topological polar surface area (TPSA) is 89.2 Å². The molecule has 1 unspecified atom stereocenters. The molecule has 1 fully saturated rings. The summed E-state index contributed by atoms with van der Waals surface area (Å²) in [6, 6.07) is 0.277. The molecule has 1 aliphatic heterocycles. The Balaban J connectivity index is 1.88. The molecule has 1 saturated heterocycles. The number of hydrogen-bond acceptors (Lipinski definition) is 7. The van der Waals surface area contributed by atoms with Gasteiger partial charge in [-0.15, -0.1) is 0 Å². The SMILES string of the molecule is CCOc1nc(N)nc(NCC2CCN(CC)C2)n1.